The Morgan fingerprint density at radius 3 is 2.41 bits per heavy atom. The van der Waals surface area contributed by atoms with Crippen molar-refractivity contribution in [2.75, 3.05) is 13.1 Å². The lowest BCUT2D eigenvalue weighted by Gasteiger charge is -2.35. The van der Waals surface area contributed by atoms with Gasteiger partial charge in [-0.05, 0) is 27.2 Å². The van der Waals surface area contributed by atoms with Gasteiger partial charge in [0.25, 0.3) is 0 Å². The van der Waals surface area contributed by atoms with Crippen molar-refractivity contribution >= 4 is 12.1 Å². The molecule has 0 unspecified atom stereocenters. The lowest BCUT2D eigenvalue weighted by Crippen LogP contribution is -2.50. The number of rotatable bonds is 1. The molecule has 1 amide bonds. The van der Waals surface area contributed by atoms with E-state index in [1.54, 1.807) is 20.8 Å². The number of ether oxygens (including phenoxy) is 1. The summed E-state index contributed by atoms with van der Waals surface area (Å²) in [5.74, 6) is -2.03. The molecular formula is C11H19NO5. The smallest absolute Gasteiger partial charge is 0.410 e. The Morgan fingerprint density at radius 2 is 1.94 bits per heavy atom. The molecule has 2 N–H and O–H groups in total. The first kappa shape index (κ1) is 13.8. The van der Waals surface area contributed by atoms with Crippen LogP contribution in [0.2, 0.25) is 0 Å². The number of carboxylic acid groups (broad SMARTS) is 1. The van der Waals surface area contributed by atoms with Crippen molar-refractivity contribution in [1.82, 2.24) is 4.90 Å². The van der Waals surface area contributed by atoms with Crippen LogP contribution in [-0.2, 0) is 9.53 Å². The first-order chi connectivity index (χ1) is 7.70. The van der Waals surface area contributed by atoms with Crippen LogP contribution in [0.1, 0.15) is 27.2 Å². The van der Waals surface area contributed by atoms with Gasteiger partial charge in [-0.2, -0.15) is 0 Å². The topological polar surface area (TPSA) is 87.1 Å². The molecule has 0 bridgehead atoms. The van der Waals surface area contributed by atoms with E-state index in [1.807, 2.05) is 0 Å². The molecule has 1 aliphatic heterocycles. The number of hydrogen-bond acceptors (Lipinski definition) is 4. The quantitative estimate of drug-likeness (QED) is 0.709. The number of carbonyl (C=O) groups excluding carboxylic acids is 1. The predicted octanol–water partition coefficient (Wildman–Crippen LogP) is 0.689. The van der Waals surface area contributed by atoms with E-state index >= 15 is 0 Å². The molecule has 1 rings (SSSR count). The third-order valence-corrected chi connectivity index (χ3v) is 2.55. The average molecular weight is 245 g/mol. The van der Waals surface area contributed by atoms with E-state index in [1.165, 1.54) is 4.90 Å². The molecular weight excluding hydrogens is 226 g/mol. The van der Waals surface area contributed by atoms with Crippen LogP contribution in [0, 0.1) is 5.92 Å². The fraction of sp³-hybridized carbons (Fsp3) is 0.818. The Labute approximate surface area is 100 Å². The first-order valence-electron chi connectivity index (χ1n) is 5.59. The van der Waals surface area contributed by atoms with Crippen LogP contribution >= 0.6 is 0 Å². The third-order valence-electron chi connectivity index (χ3n) is 2.55. The van der Waals surface area contributed by atoms with Gasteiger partial charge in [0.1, 0.15) is 11.5 Å². The first-order valence-corrected chi connectivity index (χ1v) is 5.59. The van der Waals surface area contributed by atoms with E-state index in [2.05, 4.69) is 0 Å². The van der Waals surface area contributed by atoms with Gasteiger partial charge in [0.05, 0.1) is 6.10 Å². The molecule has 0 aromatic heterocycles. The van der Waals surface area contributed by atoms with Gasteiger partial charge in [0.15, 0.2) is 0 Å². The van der Waals surface area contributed by atoms with E-state index < -0.39 is 29.7 Å². The summed E-state index contributed by atoms with van der Waals surface area (Å²) in [4.78, 5) is 23.9. The number of aliphatic hydroxyl groups excluding tert-OH is 1. The number of nitrogens with zero attached hydrogens (tertiary/aromatic N) is 1. The van der Waals surface area contributed by atoms with E-state index in [4.69, 9.17) is 9.84 Å². The fourth-order valence-corrected chi connectivity index (χ4v) is 1.67. The zero-order valence-electron chi connectivity index (χ0n) is 10.3. The number of aliphatic hydroxyl groups is 1. The van der Waals surface area contributed by atoms with E-state index in [0.717, 1.165) is 0 Å². The molecule has 6 nitrogen and oxygen atoms in total. The number of hydrogen-bond donors (Lipinski definition) is 2. The van der Waals surface area contributed by atoms with Crippen LogP contribution in [0.3, 0.4) is 0 Å². The zero-order valence-corrected chi connectivity index (χ0v) is 10.3. The summed E-state index contributed by atoms with van der Waals surface area (Å²) in [6, 6.07) is 0. The van der Waals surface area contributed by atoms with Crippen LogP contribution < -0.4 is 0 Å². The van der Waals surface area contributed by atoms with Gasteiger partial charge in [0.2, 0.25) is 0 Å². The lowest BCUT2D eigenvalue weighted by molar-refractivity contribution is -0.148. The van der Waals surface area contributed by atoms with Gasteiger partial charge in [-0.25, -0.2) is 4.79 Å². The molecule has 6 heteroatoms. The summed E-state index contributed by atoms with van der Waals surface area (Å²) in [6.07, 6.45) is -1.17. The minimum atomic E-state index is -1.09. The van der Waals surface area contributed by atoms with Crippen molar-refractivity contribution in [3.8, 4) is 0 Å². The van der Waals surface area contributed by atoms with Gasteiger partial charge in [-0.3, -0.25) is 4.79 Å². The number of carboxylic acids is 1. The summed E-state index contributed by atoms with van der Waals surface area (Å²) >= 11 is 0. The van der Waals surface area contributed by atoms with Crippen molar-refractivity contribution < 1.29 is 24.5 Å². The molecule has 0 saturated carbocycles. The second kappa shape index (κ2) is 4.91. The molecule has 1 fully saturated rings. The SMILES string of the molecule is CC(C)(C)OC(=O)N1CC[C@H](O)[C@@H](C(=O)O)C1. The summed E-state index contributed by atoms with van der Waals surface area (Å²) in [5, 5.41) is 18.4. The number of carbonyl (C=O) groups is 2. The fourth-order valence-electron chi connectivity index (χ4n) is 1.67. The minimum absolute atomic E-state index is 0.00852. The Kier molecular flexibility index (Phi) is 3.98. The number of amides is 1. The van der Waals surface area contributed by atoms with E-state index in [-0.39, 0.29) is 13.0 Å². The van der Waals surface area contributed by atoms with Crippen LogP contribution in [0.4, 0.5) is 4.79 Å². The van der Waals surface area contributed by atoms with Crippen molar-refractivity contribution in [2.45, 2.75) is 38.9 Å². The van der Waals surface area contributed by atoms with Crippen molar-refractivity contribution in [2.24, 2.45) is 5.92 Å². The Balaban J connectivity index is 2.62. The molecule has 0 spiro atoms. The molecule has 2 atom stereocenters. The zero-order chi connectivity index (χ0) is 13.2. The maximum absolute atomic E-state index is 11.7. The lowest BCUT2D eigenvalue weighted by atomic mass is 9.95. The number of aliphatic carboxylic acids is 1. The van der Waals surface area contributed by atoms with Gasteiger partial charge in [-0.1, -0.05) is 0 Å². The highest BCUT2D eigenvalue weighted by Crippen LogP contribution is 2.20. The van der Waals surface area contributed by atoms with Crippen LogP contribution in [0.15, 0.2) is 0 Å². The van der Waals surface area contributed by atoms with Crippen LogP contribution in [0.5, 0.6) is 0 Å². The third kappa shape index (κ3) is 3.89. The minimum Gasteiger partial charge on any atom is -0.481 e. The van der Waals surface area contributed by atoms with Crippen LogP contribution in [-0.4, -0.2) is 52.0 Å². The second-order valence-corrected chi connectivity index (χ2v) is 5.23. The van der Waals surface area contributed by atoms with Gasteiger partial charge in [-0.15, -0.1) is 0 Å². The Morgan fingerprint density at radius 1 is 1.35 bits per heavy atom. The molecule has 0 aromatic carbocycles. The molecule has 1 saturated heterocycles. The maximum Gasteiger partial charge on any atom is 0.410 e. The Hall–Kier alpha value is -1.30. The molecule has 1 aliphatic rings. The molecule has 0 aromatic rings. The normalized spacial score (nSPS) is 25.5. The van der Waals surface area contributed by atoms with Crippen molar-refractivity contribution in [1.29, 1.82) is 0 Å². The highest BCUT2D eigenvalue weighted by molar-refractivity contribution is 5.74. The maximum atomic E-state index is 11.7. The average Bonchev–Trinajstić information content (AvgIpc) is 2.14. The monoisotopic (exact) mass is 245 g/mol. The largest absolute Gasteiger partial charge is 0.481 e. The van der Waals surface area contributed by atoms with Crippen molar-refractivity contribution in [3.63, 3.8) is 0 Å². The Bertz CT molecular complexity index is 309. The number of piperidine rings is 1. The van der Waals surface area contributed by atoms with Gasteiger partial charge in [0, 0.05) is 13.1 Å². The molecule has 17 heavy (non-hydrogen) atoms. The summed E-state index contributed by atoms with van der Waals surface area (Å²) in [5.41, 5.74) is -0.605. The molecule has 98 valence electrons. The summed E-state index contributed by atoms with van der Waals surface area (Å²) in [7, 11) is 0. The molecule has 0 aliphatic carbocycles. The molecule has 1 heterocycles. The summed E-state index contributed by atoms with van der Waals surface area (Å²) < 4.78 is 5.15. The summed E-state index contributed by atoms with van der Waals surface area (Å²) in [6.45, 7) is 5.56. The van der Waals surface area contributed by atoms with Crippen molar-refractivity contribution in [3.05, 3.63) is 0 Å². The highest BCUT2D eigenvalue weighted by Gasteiger charge is 2.36. The highest BCUT2D eigenvalue weighted by atomic mass is 16.6. The van der Waals surface area contributed by atoms with E-state index in [9.17, 15) is 14.7 Å². The second-order valence-electron chi connectivity index (χ2n) is 5.23. The van der Waals surface area contributed by atoms with E-state index in [0.29, 0.717) is 6.54 Å². The predicted molar refractivity (Wildman–Crippen MR) is 59.6 cm³/mol. The van der Waals surface area contributed by atoms with Crippen LogP contribution in [0.25, 0.3) is 0 Å². The van der Waals surface area contributed by atoms with Gasteiger partial charge >= 0.3 is 12.1 Å². The number of likely N-dealkylation sites (tertiary alicyclic amines) is 1. The standard InChI is InChI=1S/C11H19NO5/c1-11(2,3)17-10(16)12-5-4-8(13)7(6-12)9(14)15/h7-8,13H,4-6H2,1-3H3,(H,14,15)/t7-,8-/m0/s1. The molecule has 0 radical (unpaired) electrons. The van der Waals surface area contributed by atoms with Gasteiger partial charge < -0.3 is 19.8 Å².